The van der Waals surface area contributed by atoms with Crippen LogP contribution in [0, 0.1) is 5.82 Å². The van der Waals surface area contributed by atoms with E-state index < -0.39 is 9.84 Å². The van der Waals surface area contributed by atoms with Crippen LogP contribution in [0.3, 0.4) is 0 Å². The van der Waals surface area contributed by atoms with Crippen LogP contribution in [0.15, 0.2) is 12.1 Å². The van der Waals surface area contributed by atoms with Gasteiger partial charge in [0, 0.05) is 12.3 Å². The van der Waals surface area contributed by atoms with Gasteiger partial charge in [0.15, 0.2) is 0 Å². The average Bonchev–Trinajstić information content (AvgIpc) is 2.30. The van der Waals surface area contributed by atoms with Crippen molar-refractivity contribution in [2.24, 2.45) is 5.73 Å². The maximum Gasteiger partial charge on any atom is 0.148 e. The van der Waals surface area contributed by atoms with Gasteiger partial charge in [-0.1, -0.05) is 31.5 Å². The molecular weight excluding hydrogens is 313 g/mol. The Balaban J connectivity index is 2.64. The average molecular weight is 336 g/mol. The lowest BCUT2D eigenvalue weighted by Crippen LogP contribution is -2.29. The van der Waals surface area contributed by atoms with E-state index >= 15 is 0 Å². The van der Waals surface area contributed by atoms with Crippen LogP contribution >= 0.6 is 11.6 Å². The van der Waals surface area contributed by atoms with Crippen LogP contribution in [0.5, 0.6) is 0 Å². The lowest BCUT2D eigenvalue weighted by Gasteiger charge is -2.13. The highest BCUT2D eigenvalue weighted by atomic mass is 35.5. The first-order valence-corrected chi connectivity index (χ1v) is 9.45. The minimum absolute atomic E-state index is 0.00554. The summed E-state index contributed by atoms with van der Waals surface area (Å²) >= 11 is 5.91. The second-order valence-electron chi connectivity index (χ2n) is 5.88. The fraction of sp³-hybridized carbons (Fsp3) is 0.600. The Morgan fingerprint density at radius 1 is 1.33 bits per heavy atom. The Kier molecular flexibility index (Phi) is 6.63. The minimum Gasteiger partial charge on any atom is -0.327 e. The first kappa shape index (κ1) is 18.4. The summed E-state index contributed by atoms with van der Waals surface area (Å²) in [7, 11) is -3.04. The van der Waals surface area contributed by atoms with Crippen molar-refractivity contribution in [3.8, 4) is 0 Å². The SMILES string of the molecule is CC(C)c1cc(CCC[C@@H](N)CS(C)(=O)=O)cc(Cl)c1F. The number of hydrogen-bond acceptors (Lipinski definition) is 3. The van der Waals surface area contributed by atoms with E-state index in [1.807, 2.05) is 19.9 Å². The minimum atomic E-state index is -3.04. The molecule has 0 radical (unpaired) electrons. The third-order valence-corrected chi connectivity index (χ3v) is 4.60. The van der Waals surface area contributed by atoms with Gasteiger partial charge in [-0.3, -0.25) is 0 Å². The zero-order valence-corrected chi connectivity index (χ0v) is 14.3. The van der Waals surface area contributed by atoms with Crippen molar-refractivity contribution < 1.29 is 12.8 Å². The molecule has 0 unspecified atom stereocenters. The van der Waals surface area contributed by atoms with Crippen molar-refractivity contribution in [2.75, 3.05) is 12.0 Å². The Hall–Kier alpha value is -0.650. The van der Waals surface area contributed by atoms with E-state index in [4.69, 9.17) is 17.3 Å². The van der Waals surface area contributed by atoms with E-state index in [1.54, 1.807) is 6.07 Å². The van der Waals surface area contributed by atoms with E-state index in [0.717, 1.165) is 12.0 Å². The molecular formula is C15H23ClFNO2S. The van der Waals surface area contributed by atoms with Crippen LogP contribution in [-0.2, 0) is 16.3 Å². The quantitative estimate of drug-likeness (QED) is 0.831. The van der Waals surface area contributed by atoms with Crippen LogP contribution in [0.2, 0.25) is 5.02 Å². The fourth-order valence-corrected chi connectivity index (χ4v) is 3.47. The largest absolute Gasteiger partial charge is 0.327 e. The summed E-state index contributed by atoms with van der Waals surface area (Å²) in [6.07, 6.45) is 3.24. The van der Waals surface area contributed by atoms with Gasteiger partial charge in [-0.15, -0.1) is 0 Å². The van der Waals surface area contributed by atoms with Crippen molar-refractivity contribution in [3.63, 3.8) is 0 Å². The van der Waals surface area contributed by atoms with Crippen LogP contribution in [-0.4, -0.2) is 26.5 Å². The summed E-state index contributed by atoms with van der Waals surface area (Å²) in [5.41, 5.74) is 7.36. The summed E-state index contributed by atoms with van der Waals surface area (Å²) in [5, 5.41) is 0.136. The number of rotatable bonds is 7. The molecule has 0 heterocycles. The zero-order chi connectivity index (χ0) is 16.2. The van der Waals surface area contributed by atoms with Crippen molar-refractivity contribution in [3.05, 3.63) is 34.1 Å². The molecule has 0 saturated heterocycles. The number of benzene rings is 1. The highest BCUT2D eigenvalue weighted by molar-refractivity contribution is 7.90. The normalized spacial score (nSPS) is 13.7. The van der Waals surface area contributed by atoms with E-state index in [0.29, 0.717) is 18.4 Å². The molecule has 0 aliphatic carbocycles. The van der Waals surface area contributed by atoms with Crippen LogP contribution in [0.4, 0.5) is 4.39 Å². The second kappa shape index (κ2) is 7.56. The number of nitrogens with two attached hydrogens (primary N) is 1. The topological polar surface area (TPSA) is 60.2 Å². The fourth-order valence-electron chi connectivity index (χ4n) is 2.27. The maximum atomic E-state index is 13.8. The Labute approximate surface area is 131 Å². The first-order chi connectivity index (χ1) is 9.60. The van der Waals surface area contributed by atoms with Gasteiger partial charge in [-0.25, -0.2) is 12.8 Å². The molecule has 0 aliphatic heterocycles. The number of sulfone groups is 1. The molecule has 1 rings (SSSR count). The molecule has 3 nitrogen and oxygen atoms in total. The summed E-state index contributed by atoms with van der Waals surface area (Å²) in [5.74, 6) is -0.298. The molecule has 120 valence electrons. The lowest BCUT2D eigenvalue weighted by atomic mass is 9.97. The summed E-state index contributed by atoms with van der Waals surface area (Å²) in [6.45, 7) is 3.83. The van der Waals surface area contributed by atoms with Crippen LogP contribution in [0.1, 0.15) is 43.7 Å². The van der Waals surface area contributed by atoms with E-state index in [-0.39, 0.29) is 28.6 Å². The van der Waals surface area contributed by atoms with Gasteiger partial charge in [-0.05, 0) is 42.4 Å². The van der Waals surface area contributed by atoms with Gasteiger partial charge < -0.3 is 5.73 Å². The van der Waals surface area contributed by atoms with Crippen molar-refractivity contribution in [1.82, 2.24) is 0 Å². The molecule has 0 amide bonds. The van der Waals surface area contributed by atoms with E-state index in [9.17, 15) is 12.8 Å². The molecule has 0 aliphatic rings. The lowest BCUT2D eigenvalue weighted by molar-refractivity contribution is 0.575. The molecule has 1 aromatic rings. The standard InChI is InChI=1S/C15H23ClFNO2S/c1-10(2)13-7-11(8-14(16)15(13)17)5-4-6-12(18)9-21(3,19)20/h7-8,10,12H,4-6,9,18H2,1-3H3/t12-/m1/s1. The van der Waals surface area contributed by atoms with Crippen molar-refractivity contribution >= 4 is 21.4 Å². The Bertz CT molecular complexity index is 588. The van der Waals surface area contributed by atoms with Gasteiger partial charge in [0.2, 0.25) is 0 Å². The molecule has 0 aromatic heterocycles. The third kappa shape index (κ3) is 6.32. The van der Waals surface area contributed by atoms with Gasteiger partial charge >= 0.3 is 0 Å². The van der Waals surface area contributed by atoms with Crippen LogP contribution in [0.25, 0.3) is 0 Å². The van der Waals surface area contributed by atoms with Crippen LogP contribution < -0.4 is 5.73 Å². The Morgan fingerprint density at radius 2 is 1.95 bits per heavy atom. The van der Waals surface area contributed by atoms with Crippen molar-refractivity contribution in [2.45, 2.75) is 45.1 Å². The molecule has 0 saturated carbocycles. The monoisotopic (exact) mass is 335 g/mol. The van der Waals surface area contributed by atoms with Crippen molar-refractivity contribution in [1.29, 1.82) is 0 Å². The summed E-state index contributed by atoms with van der Waals surface area (Å²) < 4.78 is 36.1. The highest BCUT2D eigenvalue weighted by Crippen LogP contribution is 2.27. The third-order valence-electron chi connectivity index (χ3n) is 3.30. The molecule has 0 fully saturated rings. The molecule has 1 aromatic carbocycles. The van der Waals surface area contributed by atoms with E-state index in [1.165, 1.54) is 6.26 Å². The second-order valence-corrected chi connectivity index (χ2v) is 8.47. The van der Waals surface area contributed by atoms with Gasteiger partial charge in [0.05, 0.1) is 10.8 Å². The summed E-state index contributed by atoms with van der Waals surface area (Å²) in [6, 6.07) is 3.10. The van der Waals surface area contributed by atoms with E-state index in [2.05, 4.69) is 0 Å². The molecule has 1 atom stereocenters. The first-order valence-electron chi connectivity index (χ1n) is 7.01. The Morgan fingerprint density at radius 3 is 2.48 bits per heavy atom. The predicted molar refractivity (Wildman–Crippen MR) is 86.1 cm³/mol. The smallest absolute Gasteiger partial charge is 0.148 e. The van der Waals surface area contributed by atoms with Gasteiger partial charge in [-0.2, -0.15) is 0 Å². The molecule has 6 heteroatoms. The summed E-state index contributed by atoms with van der Waals surface area (Å²) in [4.78, 5) is 0. The van der Waals surface area contributed by atoms with Gasteiger partial charge in [0.25, 0.3) is 0 Å². The molecule has 2 N–H and O–H groups in total. The van der Waals surface area contributed by atoms with Gasteiger partial charge in [0.1, 0.15) is 15.7 Å². The zero-order valence-electron chi connectivity index (χ0n) is 12.7. The molecule has 21 heavy (non-hydrogen) atoms. The number of hydrogen-bond donors (Lipinski definition) is 1. The molecule has 0 spiro atoms. The number of aryl methyl sites for hydroxylation is 1. The highest BCUT2D eigenvalue weighted by Gasteiger charge is 2.14. The predicted octanol–water partition coefficient (Wildman–Crippen LogP) is 3.30. The number of halogens is 2. The molecule has 0 bridgehead atoms. The maximum absolute atomic E-state index is 13.8.